The summed E-state index contributed by atoms with van der Waals surface area (Å²) in [7, 11) is 0. The second-order valence-electron chi connectivity index (χ2n) is 7.04. The molecule has 3 aromatic rings. The van der Waals surface area contributed by atoms with E-state index in [2.05, 4.69) is 31.0 Å². The number of nitrogens with two attached hydrogens (primary N) is 1. The molecule has 0 radical (unpaired) electrons. The number of pyridine rings is 1. The van der Waals surface area contributed by atoms with Gasteiger partial charge in [-0.15, -0.1) is 0 Å². The van der Waals surface area contributed by atoms with Crippen molar-refractivity contribution in [2.24, 2.45) is 5.73 Å². The molecule has 26 heavy (non-hydrogen) atoms. The normalized spacial score (nSPS) is 15.0. The number of amides is 1. The Morgan fingerprint density at radius 2 is 1.96 bits per heavy atom. The van der Waals surface area contributed by atoms with Crippen LogP contribution in [0, 0.1) is 6.92 Å². The van der Waals surface area contributed by atoms with E-state index in [0.29, 0.717) is 0 Å². The van der Waals surface area contributed by atoms with Gasteiger partial charge in [-0.25, -0.2) is 0 Å². The van der Waals surface area contributed by atoms with Crippen molar-refractivity contribution < 1.29 is 9.53 Å². The topological polar surface area (TPSA) is 65.2 Å². The molecule has 4 rings (SSSR count). The number of aromatic nitrogens is 1. The third-order valence-corrected chi connectivity index (χ3v) is 5.34. The highest BCUT2D eigenvalue weighted by Crippen LogP contribution is 2.49. The standard InChI is InChI=1S/C22H22N2O2/c1-3-15-4-7-19(14(2)12-15)26-20-8-11-24-18-6-5-16(13-17(18)20)22(9-10-22)21(23)25/h4-8,11-13H,3,9-10H2,1-2H3,(H2,23,25). The molecule has 1 heterocycles. The molecule has 0 atom stereocenters. The molecule has 2 aromatic carbocycles. The maximum atomic E-state index is 11.9. The number of hydrogen-bond acceptors (Lipinski definition) is 3. The van der Waals surface area contributed by atoms with Gasteiger partial charge in [0.25, 0.3) is 0 Å². The Hall–Kier alpha value is -2.88. The summed E-state index contributed by atoms with van der Waals surface area (Å²) in [5.74, 6) is 1.31. The van der Waals surface area contributed by atoms with Gasteiger partial charge < -0.3 is 10.5 Å². The Labute approximate surface area is 153 Å². The van der Waals surface area contributed by atoms with Crippen LogP contribution in [0.2, 0.25) is 0 Å². The molecule has 2 N–H and O–H groups in total. The third kappa shape index (κ3) is 2.71. The van der Waals surface area contributed by atoms with Crippen LogP contribution in [0.1, 0.15) is 36.5 Å². The third-order valence-electron chi connectivity index (χ3n) is 5.34. The van der Waals surface area contributed by atoms with Gasteiger partial charge in [-0.05, 0) is 67.1 Å². The molecule has 1 aromatic heterocycles. The van der Waals surface area contributed by atoms with Crippen molar-refractivity contribution >= 4 is 16.8 Å². The monoisotopic (exact) mass is 346 g/mol. The Kier molecular flexibility index (Phi) is 3.91. The first-order chi connectivity index (χ1) is 12.5. The van der Waals surface area contributed by atoms with Crippen LogP contribution < -0.4 is 10.5 Å². The second-order valence-corrected chi connectivity index (χ2v) is 7.04. The summed E-state index contributed by atoms with van der Waals surface area (Å²) >= 11 is 0. The van der Waals surface area contributed by atoms with Crippen LogP contribution in [-0.4, -0.2) is 10.9 Å². The van der Waals surface area contributed by atoms with E-state index in [1.165, 1.54) is 5.56 Å². The van der Waals surface area contributed by atoms with Gasteiger partial charge in [0.05, 0.1) is 10.9 Å². The molecule has 1 fully saturated rings. The first-order valence-corrected chi connectivity index (χ1v) is 9.00. The molecule has 0 spiro atoms. The van der Waals surface area contributed by atoms with Gasteiger partial charge in [0.15, 0.2) is 0 Å². The molecular weight excluding hydrogens is 324 g/mol. The number of ether oxygens (including phenoxy) is 1. The van der Waals surface area contributed by atoms with Crippen LogP contribution in [0.5, 0.6) is 11.5 Å². The number of carbonyl (C=O) groups is 1. The van der Waals surface area contributed by atoms with E-state index < -0.39 is 5.41 Å². The largest absolute Gasteiger partial charge is 0.456 e. The highest BCUT2D eigenvalue weighted by molar-refractivity contribution is 5.93. The maximum absolute atomic E-state index is 11.9. The van der Waals surface area contributed by atoms with E-state index >= 15 is 0 Å². The Balaban J connectivity index is 1.77. The van der Waals surface area contributed by atoms with Gasteiger partial charge in [0, 0.05) is 11.6 Å². The van der Waals surface area contributed by atoms with Crippen LogP contribution in [-0.2, 0) is 16.6 Å². The van der Waals surface area contributed by atoms with E-state index in [9.17, 15) is 4.79 Å². The van der Waals surface area contributed by atoms with Gasteiger partial charge in [-0.2, -0.15) is 0 Å². The quantitative estimate of drug-likeness (QED) is 0.744. The van der Waals surface area contributed by atoms with Crippen molar-refractivity contribution in [3.05, 3.63) is 65.4 Å². The summed E-state index contributed by atoms with van der Waals surface area (Å²) < 4.78 is 6.21. The van der Waals surface area contributed by atoms with Gasteiger partial charge in [-0.1, -0.05) is 25.1 Å². The van der Waals surface area contributed by atoms with Crippen LogP contribution in [0.3, 0.4) is 0 Å². The first kappa shape index (κ1) is 16.6. The molecular formula is C22H22N2O2. The van der Waals surface area contributed by atoms with E-state index in [1.54, 1.807) is 6.20 Å². The summed E-state index contributed by atoms with van der Waals surface area (Å²) in [6.07, 6.45) is 4.36. The van der Waals surface area contributed by atoms with E-state index in [-0.39, 0.29) is 5.91 Å². The summed E-state index contributed by atoms with van der Waals surface area (Å²) in [5.41, 5.74) is 9.30. The van der Waals surface area contributed by atoms with Crippen molar-refractivity contribution in [2.45, 2.75) is 38.5 Å². The predicted octanol–water partition coefficient (Wildman–Crippen LogP) is 4.41. The molecule has 0 unspecified atom stereocenters. The summed E-state index contributed by atoms with van der Waals surface area (Å²) in [6, 6.07) is 14.0. The van der Waals surface area contributed by atoms with Crippen LogP contribution in [0.4, 0.5) is 0 Å². The number of aryl methyl sites for hydroxylation is 2. The summed E-state index contributed by atoms with van der Waals surface area (Å²) in [5, 5.41) is 0.900. The van der Waals surface area contributed by atoms with Gasteiger partial charge in [0.1, 0.15) is 11.5 Å². The Morgan fingerprint density at radius 3 is 2.62 bits per heavy atom. The number of fused-ring (bicyclic) bond motifs is 1. The maximum Gasteiger partial charge on any atom is 0.228 e. The predicted molar refractivity (Wildman–Crippen MR) is 102 cm³/mol. The zero-order valence-electron chi connectivity index (χ0n) is 15.1. The van der Waals surface area contributed by atoms with Gasteiger partial charge in [-0.3, -0.25) is 9.78 Å². The van der Waals surface area contributed by atoms with E-state index in [1.807, 2.05) is 30.3 Å². The lowest BCUT2D eigenvalue weighted by atomic mass is 9.94. The molecule has 1 aliphatic carbocycles. The average molecular weight is 346 g/mol. The zero-order chi connectivity index (χ0) is 18.3. The molecule has 1 saturated carbocycles. The number of benzene rings is 2. The lowest BCUT2D eigenvalue weighted by Crippen LogP contribution is -2.28. The summed E-state index contributed by atoms with van der Waals surface area (Å²) in [4.78, 5) is 16.3. The lowest BCUT2D eigenvalue weighted by Gasteiger charge is -2.15. The van der Waals surface area contributed by atoms with Gasteiger partial charge >= 0.3 is 0 Å². The fourth-order valence-electron chi connectivity index (χ4n) is 3.47. The lowest BCUT2D eigenvalue weighted by molar-refractivity contribution is -0.120. The number of primary amides is 1. The number of nitrogens with zero attached hydrogens (tertiary/aromatic N) is 1. The highest BCUT2D eigenvalue weighted by Gasteiger charge is 2.50. The average Bonchev–Trinajstić information content (AvgIpc) is 3.45. The molecule has 0 aliphatic heterocycles. The minimum Gasteiger partial charge on any atom is -0.456 e. The highest BCUT2D eigenvalue weighted by atomic mass is 16.5. The van der Waals surface area contributed by atoms with Crippen molar-refractivity contribution in [3.63, 3.8) is 0 Å². The van der Waals surface area contributed by atoms with Crippen LogP contribution >= 0.6 is 0 Å². The summed E-state index contributed by atoms with van der Waals surface area (Å²) in [6.45, 7) is 4.19. The van der Waals surface area contributed by atoms with Crippen molar-refractivity contribution in [1.29, 1.82) is 0 Å². The van der Waals surface area contributed by atoms with E-state index in [0.717, 1.165) is 52.8 Å². The molecule has 4 nitrogen and oxygen atoms in total. The smallest absolute Gasteiger partial charge is 0.228 e. The molecule has 4 heteroatoms. The Bertz CT molecular complexity index is 1010. The van der Waals surface area contributed by atoms with Crippen LogP contribution in [0.25, 0.3) is 10.9 Å². The number of carbonyl (C=O) groups excluding carboxylic acids is 1. The second kappa shape index (κ2) is 6.13. The van der Waals surface area contributed by atoms with E-state index in [4.69, 9.17) is 10.5 Å². The Morgan fingerprint density at radius 1 is 1.15 bits per heavy atom. The molecule has 0 bridgehead atoms. The fourth-order valence-corrected chi connectivity index (χ4v) is 3.47. The number of rotatable bonds is 5. The van der Waals surface area contributed by atoms with Crippen molar-refractivity contribution in [1.82, 2.24) is 4.98 Å². The molecule has 1 aliphatic rings. The molecule has 132 valence electrons. The minimum absolute atomic E-state index is 0.255. The molecule has 0 saturated heterocycles. The van der Waals surface area contributed by atoms with Gasteiger partial charge in [0.2, 0.25) is 5.91 Å². The fraction of sp³-hybridized carbons (Fsp3) is 0.273. The van der Waals surface area contributed by atoms with Crippen LogP contribution in [0.15, 0.2) is 48.7 Å². The SMILES string of the molecule is CCc1ccc(Oc2ccnc3ccc(C4(C(N)=O)CC4)cc23)c(C)c1. The van der Waals surface area contributed by atoms with Crippen molar-refractivity contribution in [3.8, 4) is 11.5 Å². The first-order valence-electron chi connectivity index (χ1n) is 9.00. The molecule has 1 amide bonds. The minimum atomic E-state index is -0.514. The zero-order valence-corrected chi connectivity index (χ0v) is 15.1. The van der Waals surface area contributed by atoms with Crippen molar-refractivity contribution in [2.75, 3.05) is 0 Å². The number of hydrogen-bond donors (Lipinski definition) is 1.